The summed E-state index contributed by atoms with van der Waals surface area (Å²) < 4.78 is 8.51. The molecule has 188 valence electrons. The monoisotopic (exact) mass is 503 g/mol. The Morgan fingerprint density at radius 2 is 1.63 bits per heavy atom. The van der Waals surface area contributed by atoms with Gasteiger partial charge in [0.05, 0.1) is 11.0 Å². The van der Waals surface area contributed by atoms with Crippen LogP contribution in [0.5, 0.6) is 0 Å². The van der Waals surface area contributed by atoms with E-state index in [4.69, 9.17) is 4.42 Å². The summed E-state index contributed by atoms with van der Waals surface area (Å²) in [6, 6.07) is 25.2. The molecule has 6 rings (SSSR count). The summed E-state index contributed by atoms with van der Waals surface area (Å²) in [4.78, 5) is 38.5. The number of nitrogens with one attached hydrogen (secondary N) is 1. The minimum absolute atomic E-state index is 0.215. The molecule has 3 amide bonds. The third-order valence-corrected chi connectivity index (χ3v) is 7.25. The van der Waals surface area contributed by atoms with Gasteiger partial charge in [0.2, 0.25) is 12.3 Å². The lowest BCUT2D eigenvalue weighted by Crippen LogP contribution is -2.32. The fraction of sp³-hybridized carbons (Fsp3) is 0.129. The molecule has 0 radical (unpaired) electrons. The van der Waals surface area contributed by atoms with Crippen LogP contribution in [0.1, 0.15) is 30.7 Å². The number of furan rings is 1. The molecule has 5 aromatic rings. The molecule has 3 aromatic carbocycles. The van der Waals surface area contributed by atoms with Gasteiger partial charge in [-0.05, 0) is 35.9 Å². The zero-order chi connectivity index (χ0) is 26.6. The molecule has 0 atom stereocenters. The Labute approximate surface area is 219 Å². The van der Waals surface area contributed by atoms with E-state index in [1.54, 1.807) is 24.3 Å². The molecule has 1 aliphatic heterocycles. The second-order valence-corrected chi connectivity index (χ2v) is 9.95. The number of hydrogen-bond donors (Lipinski definition) is 1. The van der Waals surface area contributed by atoms with E-state index in [0.29, 0.717) is 23.7 Å². The predicted octanol–water partition coefficient (Wildman–Crippen LogP) is 5.65. The van der Waals surface area contributed by atoms with E-state index < -0.39 is 17.2 Å². The van der Waals surface area contributed by atoms with Gasteiger partial charge in [-0.25, -0.2) is 0 Å². The number of likely N-dealkylation sites (N-methyl/N-ethyl adjacent to an activating group) is 1. The minimum atomic E-state index is -0.737. The highest BCUT2D eigenvalue weighted by molar-refractivity contribution is 6.26. The number of benzene rings is 3. The van der Waals surface area contributed by atoms with Crippen LogP contribution >= 0.6 is 0 Å². The van der Waals surface area contributed by atoms with Gasteiger partial charge in [0.15, 0.2) is 0 Å². The van der Waals surface area contributed by atoms with Crippen LogP contribution in [-0.4, -0.2) is 34.7 Å². The van der Waals surface area contributed by atoms with Crippen LogP contribution in [0.25, 0.3) is 33.8 Å². The maximum atomic E-state index is 13.2. The zero-order valence-electron chi connectivity index (χ0n) is 21.2. The number of amides is 3. The van der Waals surface area contributed by atoms with E-state index >= 15 is 0 Å². The Morgan fingerprint density at radius 1 is 0.921 bits per heavy atom. The highest BCUT2D eigenvalue weighted by atomic mass is 16.4. The molecule has 7 heteroatoms. The van der Waals surface area contributed by atoms with Gasteiger partial charge < -0.3 is 9.73 Å². The van der Waals surface area contributed by atoms with Crippen molar-refractivity contribution in [1.82, 2.24) is 9.47 Å². The number of imide groups is 1. The van der Waals surface area contributed by atoms with Crippen molar-refractivity contribution in [2.45, 2.75) is 19.3 Å². The highest BCUT2D eigenvalue weighted by Crippen LogP contribution is 2.48. The van der Waals surface area contributed by atoms with Crippen LogP contribution in [0, 0.1) is 0 Å². The molecule has 2 aromatic heterocycles. The molecule has 3 heterocycles. The number of carbonyl (C=O) groups is 3. The molecule has 7 nitrogen and oxygen atoms in total. The summed E-state index contributed by atoms with van der Waals surface area (Å²) >= 11 is 0. The van der Waals surface area contributed by atoms with Gasteiger partial charge >= 0.3 is 0 Å². The third kappa shape index (κ3) is 3.47. The Bertz CT molecular complexity index is 1790. The Morgan fingerprint density at radius 3 is 2.39 bits per heavy atom. The first-order chi connectivity index (χ1) is 18.3. The van der Waals surface area contributed by atoms with E-state index in [-0.39, 0.29) is 5.57 Å². The second-order valence-electron chi connectivity index (χ2n) is 9.95. The van der Waals surface area contributed by atoms with Gasteiger partial charge in [-0.1, -0.05) is 68.4 Å². The van der Waals surface area contributed by atoms with Crippen molar-refractivity contribution in [3.63, 3.8) is 0 Å². The van der Waals surface area contributed by atoms with Gasteiger partial charge in [-0.15, -0.1) is 0 Å². The summed E-state index contributed by atoms with van der Waals surface area (Å²) in [6.07, 6.45) is 1.78. The van der Waals surface area contributed by atoms with Crippen molar-refractivity contribution in [1.29, 1.82) is 0 Å². The van der Waals surface area contributed by atoms with Crippen molar-refractivity contribution < 1.29 is 18.8 Å². The van der Waals surface area contributed by atoms with Crippen LogP contribution in [-0.2, 0) is 19.8 Å². The summed E-state index contributed by atoms with van der Waals surface area (Å²) in [6.45, 7) is 4.28. The molecular formula is C31H25N3O4. The Hall–Kier alpha value is -4.91. The van der Waals surface area contributed by atoms with Crippen molar-refractivity contribution in [3.8, 4) is 5.88 Å². The fourth-order valence-corrected chi connectivity index (χ4v) is 5.29. The van der Waals surface area contributed by atoms with Crippen molar-refractivity contribution in [2.24, 2.45) is 0 Å². The lowest BCUT2D eigenvalue weighted by Gasteiger charge is -2.31. The van der Waals surface area contributed by atoms with E-state index in [1.165, 1.54) is 13.1 Å². The molecule has 0 fully saturated rings. The number of anilines is 1. The Balaban J connectivity index is 1.54. The molecular weight excluding hydrogens is 478 g/mol. The highest BCUT2D eigenvalue weighted by Gasteiger charge is 2.38. The summed E-state index contributed by atoms with van der Waals surface area (Å²) in [7, 11) is 1.31. The number of fused-ring (bicyclic) bond motifs is 5. The average Bonchev–Trinajstić information content (AvgIpc) is 3.50. The molecule has 1 N–H and O–H groups in total. The van der Waals surface area contributed by atoms with Gasteiger partial charge in [0.1, 0.15) is 11.3 Å². The molecule has 0 spiro atoms. The van der Waals surface area contributed by atoms with E-state index in [0.717, 1.165) is 37.8 Å². The fourth-order valence-electron chi connectivity index (χ4n) is 5.29. The largest absolute Gasteiger partial charge is 0.440 e. The number of rotatable bonds is 5. The molecule has 0 aliphatic carbocycles. The predicted molar refractivity (Wildman–Crippen MR) is 147 cm³/mol. The molecule has 0 unspecified atom stereocenters. The number of hydrogen-bond acceptors (Lipinski definition) is 4. The second kappa shape index (κ2) is 8.59. The molecule has 1 aliphatic rings. The smallest absolute Gasteiger partial charge is 0.265 e. The normalized spacial score (nSPS) is 13.8. The van der Waals surface area contributed by atoms with Crippen LogP contribution in [0.2, 0.25) is 0 Å². The SMILES string of the molecule is CN(C=O)C(=O)/C(=C\c1cc2c(o1)-n1c3ccccc3c3cccc(c31)C2(C)C)C(=O)Nc1ccccc1. The first-order valence-electron chi connectivity index (χ1n) is 12.3. The third-order valence-electron chi connectivity index (χ3n) is 7.25. The maximum absolute atomic E-state index is 13.2. The van der Waals surface area contributed by atoms with Gasteiger partial charge in [-0.2, -0.15) is 0 Å². The van der Waals surface area contributed by atoms with Gasteiger partial charge in [0.25, 0.3) is 11.8 Å². The van der Waals surface area contributed by atoms with Crippen molar-refractivity contribution in [3.05, 3.63) is 101 Å². The standard InChI is InChI=1S/C31H25N3O4/c1-31(2)24-14-9-13-22-21-12-7-8-15-26(21)34(27(22)24)30-25(31)17-20(38-30)16-23(29(37)33(3)18-35)28(36)32-19-10-5-4-6-11-19/h4-18H,1-3H3,(H,32,36)/b23-16-. The molecule has 0 saturated carbocycles. The van der Waals surface area contributed by atoms with E-state index in [1.807, 2.05) is 24.3 Å². The Kier molecular flexibility index (Phi) is 5.31. The van der Waals surface area contributed by atoms with Gasteiger partial charge in [0, 0.05) is 34.5 Å². The van der Waals surface area contributed by atoms with Crippen LogP contribution in [0.4, 0.5) is 5.69 Å². The number of aromatic nitrogens is 1. The van der Waals surface area contributed by atoms with Crippen LogP contribution < -0.4 is 5.32 Å². The number of nitrogens with zero attached hydrogens (tertiary/aromatic N) is 2. The summed E-state index contributed by atoms with van der Waals surface area (Å²) in [5, 5.41) is 4.99. The van der Waals surface area contributed by atoms with E-state index in [9.17, 15) is 14.4 Å². The molecule has 38 heavy (non-hydrogen) atoms. The quantitative estimate of drug-likeness (QED) is 0.145. The number of carbonyl (C=O) groups excluding carboxylic acids is 3. The minimum Gasteiger partial charge on any atom is -0.440 e. The lowest BCUT2D eigenvalue weighted by atomic mass is 9.76. The molecule has 0 saturated heterocycles. The average molecular weight is 504 g/mol. The van der Waals surface area contributed by atoms with Crippen LogP contribution in [0.3, 0.4) is 0 Å². The number of para-hydroxylation sites is 3. The lowest BCUT2D eigenvalue weighted by molar-refractivity contribution is -0.134. The van der Waals surface area contributed by atoms with Crippen molar-refractivity contribution in [2.75, 3.05) is 12.4 Å². The molecule has 0 bridgehead atoms. The summed E-state index contributed by atoms with van der Waals surface area (Å²) in [5.41, 5.74) is 4.10. The van der Waals surface area contributed by atoms with Gasteiger partial charge in [-0.3, -0.25) is 23.9 Å². The maximum Gasteiger partial charge on any atom is 0.265 e. The first-order valence-corrected chi connectivity index (χ1v) is 12.3. The van der Waals surface area contributed by atoms with Crippen molar-refractivity contribution >= 4 is 51.8 Å². The topological polar surface area (TPSA) is 84.6 Å². The zero-order valence-corrected chi connectivity index (χ0v) is 21.2. The van der Waals surface area contributed by atoms with E-state index in [2.05, 4.69) is 54.1 Å². The van der Waals surface area contributed by atoms with Crippen LogP contribution in [0.15, 0.2) is 88.9 Å². The summed E-state index contributed by atoms with van der Waals surface area (Å²) in [5.74, 6) is -0.391. The first kappa shape index (κ1) is 23.5.